The summed E-state index contributed by atoms with van der Waals surface area (Å²) < 4.78 is 0. The van der Waals surface area contributed by atoms with E-state index in [1.807, 2.05) is 18.2 Å². The number of amides is 9. The first-order valence-electron chi connectivity index (χ1n) is 24.4. The van der Waals surface area contributed by atoms with Gasteiger partial charge in [0.25, 0.3) is 0 Å². The predicted octanol–water partition coefficient (Wildman–Crippen LogP) is -3.32. The molecule has 0 radical (unpaired) electrons. The van der Waals surface area contributed by atoms with Gasteiger partial charge in [-0.05, 0) is 75.1 Å². The summed E-state index contributed by atoms with van der Waals surface area (Å²) in [6.45, 7) is 2.44. The number of fused-ring (bicyclic) bond motifs is 1. The molecule has 9 amide bonds. The zero-order chi connectivity index (χ0) is 55.2. The smallest absolute Gasteiger partial charge is 0.245 e. The standard InChI is InChI=1S/C48H69ClN16O10/c1-25(66)39-46(75)64-36(22-27-10-3-5-12-30(27)49)45(74)61-34(16-9-21-57-48(53)54)42(71)63-37(23-28-24-58-31-13-6-4-11-29(28)31)44(73)60-32(40(50)69)14-7-19-55-38(68)18-17-35(43(72)65-39)62-41(70)33(59-26(2)67)15-8-20-56-47(51)52/h3-6,10-13,24-25,32-37,39,58,66H,7-9,14-23H2,1-2H3,(H2,50,69)(H,55,68)(H,59,67)(H,60,73)(H,61,74)(H,62,70)(H,63,71)(H,64,75)(H,65,72)(H4,51,52,56)(H4,53,54,57)/t25-,32+,33+,34+,35+,36-,37+,39?/m1/s1. The van der Waals surface area contributed by atoms with Gasteiger partial charge in [-0.3, -0.25) is 53.1 Å². The van der Waals surface area contributed by atoms with Crippen molar-refractivity contribution < 1.29 is 48.3 Å². The number of aliphatic hydroxyl groups is 1. The third-order valence-corrected chi connectivity index (χ3v) is 12.3. The van der Waals surface area contributed by atoms with E-state index in [1.165, 1.54) is 13.8 Å². The topological polar surface area (TPSA) is 441 Å². The van der Waals surface area contributed by atoms with Crippen LogP contribution in [0.15, 0.2) is 64.7 Å². The summed E-state index contributed by atoms with van der Waals surface area (Å²) in [5, 5.41) is 32.7. The van der Waals surface area contributed by atoms with Crippen molar-refractivity contribution in [3.8, 4) is 0 Å². The Balaban J connectivity index is 1.78. The SMILES string of the molecule is CC(=O)N[C@@H](CCCN=C(N)N)C(=O)N[C@H]1CCC(=O)NCCC[C@@H](C(N)=O)NC(=O)[C@H](Cc2c[nH]c3ccccc23)NC(=O)[C@H](CCCN=C(N)N)NC(=O)[C@@H](Cc2ccccc2Cl)NC(=O)C([C@@H](C)O)NC1=O. The maximum atomic E-state index is 14.6. The number of nitrogens with two attached hydrogens (primary N) is 5. The number of hydrogen-bond donors (Lipinski definition) is 15. The van der Waals surface area contributed by atoms with E-state index in [4.69, 9.17) is 40.3 Å². The zero-order valence-corrected chi connectivity index (χ0v) is 42.5. The Kier molecular flexibility index (Phi) is 23.5. The van der Waals surface area contributed by atoms with Gasteiger partial charge in [0.05, 0.1) is 6.10 Å². The molecule has 8 atom stereocenters. The summed E-state index contributed by atoms with van der Waals surface area (Å²) in [6.07, 6.45) is -0.870. The molecule has 1 saturated heterocycles. The van der Waals surface area contributed by atoms with Crippen molar-refractivity contribution in [2.45, 2.75) is 126 Å². The van der Waals surface area contributed by atoms with Crippen LogP contribution in [0.5, 0.6) is 0 Å². The first-order chi connectivity index (χ1) is 35.6. The predicted molar refractivity (Wildman–Crippen MR) is 279 cm³/mol. The van der Waals surface area contributed by atoms with Crippen LogP contribution in [-0.4, -0.2) is 143 Å². The first kappa shape index (κ1) is 59.6. The number of carbonyl (C=O) groups excluding carboxylic acids is 9. The van der Waals surface area contributed by atoms with Crippen molar-refractivity contribution in [3.05, 3.63) is 70.9 Å². The van der Waals surface area contributed by atoms with Crippen LogP contribution in [0.2, 0.25) is 5.02 Å². The number of para-hydroxylation sites is 1. The fourth-order valence-electron chi connectivity index (χ4n) is 8.07. The molecule has 1 fully saturated rings. The second kappa shape index (κ2) is 29.6. The van der Waals surface area contributed by atoms with E-state index in [-0.39, 0.29) is 94.4 Å². The number of benzene rings is 2. The highest BCUT2D eigenvalue weighted by Crippen LogP contribution is 2.21. The van der Waals surface area contributed by atoms with E-state index >= 15 is 0 Å². The number of H-pyrrole nitrogens is 1. The maximum absolute atomic E-state index is 14.6. The lowest BCUT2D eigenvalue weighted by Gasteiger charge is -2.29. The van der Waals surface area contributed by atoms with Crippen molar-refractivity contribution in [3.63, 3.8) is 0 Å². The van der Waals surface area contributed by atoms with Crippen molar-refractivity contribution in [1.29, 1.82) is 0 Å². The van der Waals surface area contributed by atoms with E-state index in [0.717, 1.165) is 10.9 Å². The molecular formula is C48H69ClN16O10. The van der Waals surface area contributed by atoms with Crippen LogP contribution in [0.25, 0.3) is 10.9 Å². The minimum absolute atomic E-state index is 0.0148. The molecule has 4 rings (SSSR count). The fraction of sp³-hybridized carbons (Fsp3) is 0.479. The largest absolute Gasteiger partial charge is 0.391 e. The van der Waals surface area contributed by atoms with Crippen molar-refractivity contribution in [2.75, 3.05) is 19.6 Å². The van der Waals surface area contributed by atoms with E-state index in [2.05, 4.69) is 57.5 Å². The number of carbonyl (C=O) groups is 9. The molecule has 1 aromatic heterocycles. The molecule has 2 aromatic carbocycles. The average molecular weight is 1070 g/mol. The van der Waals surface area contributed by atoms with Gasteiger partial charge in [-0.15, -0.1) is 0 Å². The molecule has 2 heterocycles. The van der Waals surface area contributed by atoms with Crippen molar-refractivity contribution in [2.24, 2.45) is 38.7 Å². The highest BCUT2D eigenvalue weighted by Gasteiger charge is 2.36. The number of aromatic amines is 1. The number of guanidine groups is 2. The lowest BCUT2D eigenvalue weighted by molar-refractivity contribution is -0.137. The highest BCUT2D eigenvalue weighted by molar-refractivity contribution is 6.31. The molecule has 20 N–H and O–H groups in total. The fourth-order valence-corrected chi connectivity index (χ4v) is 8.29. The summed E-state index contributed by atoms with van der Waals surface area (Å²) in [7, 11) is 0. The summed E-state index contributed by atoms with van der Waals surface area (Å²) in [5.41, 5.74) is 29.4. The Bertz CT molecular complexity index is 2570. The number of hydrogen-bond acceptors (Lipinski definition) is 12. The van der Waals surface area contributed by atoms with E-state index in [9.17, 15) is 48.3 Å². The molecule has 0 spiro atoms. The number of nitrogens with zero attached hydrogens (tertiary/aromatic N) is 2. The Morgan fingerprint density at radius 2 is 1.35 bits per heavy atom. The number of primary amides is 1. The Hall–Kier alpha value is -8.00. The molecule has 0 saturated carbocycles. The normalized spacial score (nSPS) is 21.5. The van der Waals surface area contributed by atoms with Crippen LogP contribution >= 0.6 is 11.6 Å². The van der Waals surface area contributed by atoms with Crippen LogP contribution in [-0.2, 0) is 56.0 Å². The maximum Gasteiger partial charge on any atom is 0.245 e. The van der Waals surface area contributed by atoms with Crippen LogP contribution < -0.4 is 71.2 Å². The number of aliphatic hydroxyl groups excluding tert-OH is 1. The molecule has 3 aromatic rings. The van der Waals surface area contributed by atoms with Gasteiger partial charge >= 0.3 is 0 Å². The van der Waals surface area contributed by atoms with E-state index < -0.39 is 108 Å². The van der Waals surface area contributed by atoms with Crippen molar-refractivity contribution in [1.82, 2.24) is 47.5 Å². The average Bonchev–Trinajstić information content (AvgIpc) is 3.76. The second-order valence-electron chi connectivity index (χ2n) is 18.0. The molecular weight excluding hydrogens is 996 g/mol. The van der Waals surface area contributed by atoms with Crippen LogP contribution in [0.3, 0.4) is 0 Å². The molecule has 27 heteroatoms. The number of aliphatic imine (C=N–C) groups is 2. The van der Waals surface area contributed by atoms with Gasteiger partial charge < -0.3 is 81.3 Å². The second-order valence-corrected chi connectivity index (χ2v) is 18.4. The Labute approximate surface area is 437 Å². The molecule has 1 aliphatic heterocycles. The summed E-state index contributed by atoms with van der Waals surface area (Å²) in [4.78, 5) is 135. The van der Waals surface area contributed by atoms with Gasteiger partial charge in [0, 0.05) is 67.9 Å². The Morgan fingerprint density at radius 1 is 0.747 bits per heavy atom. The molecule has 408 valence electrons. The number of aromatic nitrogens is 1. The van der Waals surface area contributed by atoms with Crippen LogP contribution in [0.1, 0.15) is 76.3 Å². The molecule has 0 aliphatic carbocycles. The third kappa shape index (κ3) is 19.7. The first-order valence-corrected chi connectivity index (χ1v) is 24.7. The minimum Gasteiger partial charge on any atom is -0.391 e. The minimum atomic E-state index is -1.81. The van der Waals surface area contributed by atoms with Crippen LogP contribution in [0.4, 0.5) is 0 Å². The summed E-state index contributed by atoms with van der Waals surface area (Å²) in [6, 6.07) is 3.39. The van der Waals surface area contributed by atoms with E-state index in [1.54, 1.807) is 36.5 Å². The number of rotatable bonds is 17. The lowest BCUT2D eigenvalue weighted by atomic mass is 10.0. The van der Waals surface area contributed by atoms with E-state index in [0.29, 0.717) is 11.1 Å². The highest BCUT2D eigenvalue weighted by atomic mass is 35.5. The van der Waals surface area contributed by atoms with Gasteiger partial charge in [0.2, 0.25) is 53.2 Å². The number of halogens is 1. The molecule has 75 heavy (non-hydrogen) atoms. The van der Waals surface area contributed by atoms with Gasteiger partial charge in [0.1, 0.15) is 42.3 Å². The summed E-state index contributed by atoms with van der Waals surface area (Å²) in [5.74, 6) is -8.10. The Morgan fingerprint density at radius 3 is 2.00 bits per heavy atom. The zero-order valence-electron chi connectivity index (χ0n) is 41.8. The van der Waals surface area contributed by atoms with Gasteiger partial charge in [0.15, 0.2) is 11.9 Å². The van der Waals surface area contributed by atoms with Crippen LogP contribution in [0, 0.1) is 0 Å². The quantitative estimate of drug-likeness (QED) is 0.0358. The van der Waals surface area contributed by atoms with Crippen molar-refractivity contribution >= 4 is 87.6 Å². The van der Waals surface area contributed by atoms with Gasteiger partial charge in [-0.1, -0.05) is 48.0 Å². The molecule has 26 nitrogen and oxygen atoms in total. The molecule has 1 aliphatic rings. The molecule has 0 bridgehead atoms. The lowest BCUT2D eigenvalue weighted by Crippen LogP contribution is -2.62. The third-order valence-electron chi connectivity index (χ3n) is 12.0. The molecule has 1 unspecified atom stereocenters. The summed E-state index contributed by atoms with van der Waals surface area (Å²) >= 11 is 6.54. The number of nitrogens with one attached hydrogen (secondary N) is 9. The van der Waals surface area contributed by atoms with Gasteiger partial charge in [-0.2, -0.15) is 0 Å². The monoisotopic (exact) mass is 1060 g/mol. The van der Waals surface area contributed by atoms with Gasteiger partial charge in [-0.25, -0.2) is 0 Å².